The molecule has 1 aliphatic carbocycles. The summed E-state index contributed by atoms with van der Waals surface area (Å²) in [5.74, 6) is 0.350. The maximum atomic E-state index is 12.8. The summed E-state index contributed by atoms with van der Waals surface area (Å²) in [6.45, 7) is 2.62. The lowest BCUT2D eigenvalue weighted by molar-refractivity contribution is -0.127. The van der Waals surface area contributed by atoms with E-state index in [1.165, 1.54) is 32.1 Å². The number of hydrogen-bond acceptors (Lipinski definition) is 2. The SMILES string of the molecule is O=C(NC1CCCCCCC1)[C@H]1CCCN(Cc2ccc(Cl)cc2Cl)C1. The van der Waals surface area contributed by atoms with Crippen molar-refractivity contribution in [1.82, 2.24) is 10.2 Å². The molecule has 0 aromatic heterocycles. The summed E-state index contributed by atoms with van der Waals surface area (Å²) in [4.78, 5) is 15.1. The van der Waals surface area contributed by atoms with Crippen molar-refractivity contribution in [1.29, 1.82) is 0 Å². The second kappa shape index (κ2) is 9.96. The quantitative estimate of drug-likeness (QED) is 0.734. The Labute approximate surface area is 167 Å². The van der Waals surface area contributed by atoms with Crippen molar-refractivity contribution in [3.63, 3.8) is 0 Å². The van der Waals surface area contributed by atoms with Gasteiger partial charge in [-0.1, -0.05) is 61.4 Å². The van der Waals surface area contributed by atoms with E-state index in [4.69, 9.17) is 23.2 Å². The van der Waals surface area contributed by atoms with Crippen LogP contribution in [0.2, 0.25) is 10.0 Å². The van der Waals surface area contributed by atoms with E-state index in [9.17, 15) is 4.79 Å². The zero-order valence-electron chi connectivity index (χ0n) is 15.5. The predicted molar refractivity (Wildman–Crippen MR) is 109 cm³/mol. The van der Waals surface area contributed by atoms with Crippen molar-refractivity contribution in [2.24, 2.45) is 5.92 Å². The van der Waals surface area contributed by atoms with Gasteiger partial charge < -0.3 is 5.32 Å². The van der Waals surface area contributed by atoms with E-state index < -0.39 is 0 Å². The summed E-state index contributed by atoms with van der Waals surface area (Å²) in [7, 11) is 0. The Hall–Kier alpha value is -0.770. The van der Waals surface area contributed by atoms with Crippen molar-refractivity contribution in [3.05, 3.63) is 33.8 Å². The topological polar surface area (TPSA) is 32.3 Å². The normalized spacial score (nSPS) is 23.2. The predicted octanol–water partition coefficient (Wildman–Crippen LogP) is 5.43. The first-order chi connectivity index (χ1) is 12.6. The Morgan fingerprint density at radius 2 is 1.77 bits per heavy atom. The largest absolute Gasteiger partial charge is 0.353 e. The number of carbonyl (C=O) groups is 1. The number of benzene rings is 1. The second-order valence-electron chi connectivity index (χ2n) is 7.86. The van der Waals surface area contributed by atoms with Gasteiger partial charge in [0.1, 0.15) is 0 Å². The highest BCUT2D eigenvalue weighted by atomic mass is 35.5. The smallest absolute Gasteiger partial charge is 0.224 e. The Balaban J connectivity index is 1.52. The monoisotopic (exact) mass is 396 g/mol. The lowest BCUT2D eigenvalue weighted by Gasteiger charge is -2.33. The summed E-state index contributed by atoms with van der Waals surface area (Å²) in [5.41, 5.74) is 1.08. The van der Waals surface area contributed by atoms with Crippen LogP contribution < -0.4 is 5.32 Å². The minimum absolute atomic E-state index is 0.0975. The number of likely N-dealkylation sites (tertiary alicyclic amines) is 1. The molecule has 1 atom stereocenters. The van der Waals surface area contributed by atoms with E-state index in [1.54, 1.807) is 6.07 Å². The Morgan fingerprint density at radius 1 is 1.04 bits per heavy atom. The van der Waals surface area contributed by atoms with Crippen LogP contribution in [0.25, 0.3) is 0 Å². The molecule has 1 N–H and O–H groups in total. The summed E-state index contributed by atoms with van der Waals surface area (Å²) < 4.78 is 0. The van der Waals surface area contributed by atoms with Crippen LogP contribution in [-0.4, -0.2) is 29.9 Å². The van der Waals surface area contributed by atoms with E-state index in [1.807, 2.05) is 12.1 Å². The van der Waals surface area contributed by atoms with Crippen LogP contribution in [0.15, 0.2) is 18.2 Å². The van der Waals surface area contributed by atoms with Crippen molar-refractivity contribution in [2.75, 3.05) is 13.1 Å². The van der Waals surface area contributed by atoms with Gasteiger partial charge in [-0.05, 0) is 49.9 Å². The first-order valence-electron chi connectivity index (χ1n) is 10.1. The number of rotatable bonds is 4. The fraction of sp³-hybridized carbons (Fsp3) is 0.667. The lowest BCUT2D eigenvalue weighted by Crippen LogP contribution is -2.45. The number of carbonyl (C=O) groups excluding carboxylic acids is 1. The average molecular weight is 397 g/mol. The molecule has 0 unspecified atom stereocenters. The van der Waals surface area contributed by atoms with Crippen LogP contribution >= 0.6 is 23.2 Å². The molecule has 2 aliphatic rings. The minimum atomic E-state index is 0.0975. The summed E-state index contributed by atoms with van der Waals surface area (Å²) in [6, 6.07) is 6.04. The van der Waals surface area contributed by atoms with Gasteiger partial charge in [-0.25, -0.2) is 0 Å². The van der Waals surface area contributed by atoms with E-state index in [0.29, 0.717) is 16.1 Å². The molecule has 3 nitrogen and oxygen atoms in total. The number of amides is 1. The highest BCUT2D eigenvalue weighted by Crippen LogP contribution is 2.25. The molecule has 0 radical (unpaired) electrons. The van der Waals surface area contributed by atoms with Crippen molar-refractivity contribution < 1.29 is 4.79 Å². The first-order valence-corrected chi connectivity index (χ1v) is 10.8. The summed E-state index contributed by atoms with van der Waals surface area (Å²) in [6.07, 6.45) is 10.8. The third kappa shape index (κ3) is 5.87. The summed E-state index contributed by atoms with van der Waals surface area (Å²) in [5, 5.41) is 4.72. The number of piperidine rings is 1. The zero-order valence-corrected chi connectivity index (χ0v) is 17.0. The van der Waals surface area contributed by atoms with Crippen LogP contribution in [0.1, 0.15) is 63.4 Å². The van der Waals surface area contributed by atoms with E-state index in [0.717, 1.165) is 50.9 Å². The van der Waals surface area contributed by atoms with Gasteiger partial charge in [0, 0.05) is 29.2 Å². The highest BCUT2D eigenvalue weighted by Gasteiger charge is 2.27. The molecule has 1 aliphatic heterocycles. The van der Waals surface area contributed by atoms with Crippen molar-refractivity contribution in [2.45, 2.75) is 70.4 Å². The molecule has 3 rings (SSSR count). The van der Waals surface area contributed by atoms with Gasteiger partial charge in [-0.2, -0.15) is 0 Å². The van der Waals surface area contributed by atoms with Crippen LogP contribution in [-0.2, 0) is 11.3 Å². The molecule has 1 aromatic rings. The van der Waals surface area contributed by atoms with Crippen LogP contribution in [0.5, 0.6) is 0 Å². The molecule has 144 valence electrons. The first kappa shape index (κ1) is 20.0. The number of hydrogen-bond donors (Lipinski definition) is 1. The van der Waals surface area contributed by atoms with E-state index >= 15 is 0 Å². The number of halogens is 2. The third-order valence-electron chi connectivity index (χ3n) is 5.74. The van der Waals surface area contributed by atoms with E-state index in [2.05, 4.69) is 10.2 Å². The molecule has 1 heterocycles. The average Bonchev–Trinajstić information content (AvgIpc) is 2.60. The molecule has 5 heteroatoms. The van der Waals surface area contributed by atoms with Crippen LogP contribution in [0.3, 0.4) is 0 Å². The van der Waals surface area contributed by atoms with Gasteiger partial charge in [0.25, 0.3) is 0 Å². The Morgan fingerprint density at radius 3 is 2.50 bits per heavy atom. The zero-order chi connectivity index (χ0) is 18.4. The molecular formula is C21H30Cl2N2O. The number of nitrogens with zero attached hydrogens (tertiary/aromatic N) is 1. The van der Waals surface area contributed by atoms with Gasteiger partial charge >= 0.3 is 0 Å². The highest BCUT2D eigenvalue weighted by molar-refractivity contribution is 6.35. The molecule has 1 amide bonds. The van der Waals surface area contributed by atoms with Crippen molar-refractivity contribution >= 4 is 29.1 Å². The van der Waals surface area contributed by atoms with E-state index in [-0.39, 0.29) is 11.8 Å². The maximum Gasteiger partial charge on any atom is 0.224 e. The second-order valence-corrected chi connectivity index (χ2v) is 8.70. The molecule has 0 bridgehead atoms. The van der Waals surface area contributed by atoms with Gasteiger partial charge in [0.15, 0.2) is 0 Å². The molecule has 1 aromatic carbocycles. The lowest BCUT2D eigenvalue weighted by atomic mass is 9.93. The Bertz CT molecular complexity index is 600. The molecule has 1 saturated carbocycles. The molecule has 2 fully saturated rings. The molecular weight excluding hydrogens is 367 g/mol. The molecule has 1 saturated heterocycles. The fourth-order valence-electron chi connectivity index (χ4n) is 4.22. The maximum absolute atomic E-state index is 12.8. The fourth-order valence-corrected chi connectivity index (χ4v) is 4.69. The minimum Gasteiger partial charge on any atom is -0.353 e. The molecule has 0 spiro atoms. The van der Waals surface area contributed by atoms with Gasteiger partial charge in [-0.15, -0.1) is 0 Å². The van der Waals surface area contributed by atoms with Crippen molar-refractivity contribution in [3.8, 4) is 0 Å². The van der Waals surface area contributed by atoms with Gasteiger partial charge in [0.2, 0.25) is 5.91 Å². The third-order valence-corrected chi connectivity index (χ3v) is 6.32. The van der Waals surface area contributed by atoms with Gasteiger partial charge in [-0.3, -0.25) is 9.69 Å². The van der Waals surface area contributed by atoms with Crippen LogP contribution in [0.4, 0.5) is 0 Å². The van der Waals surface area contributed by atoms with Gasteiger partial charge in [0.05, 0.1) is 5.92 Å². The molecule has 26 heavy (non-hydrogen) atoms. The Kier molecular flexibility index (Phi) is 7.65. The standard InChI is InChI=1S/C21H30Cl2N2O/c22-18-11-10-16(20(23)13-18)14-25-12-6-7-17(15-25)21(26)24-19-8-4-2-1-3-5-9-19/h10-11,13,17,19H,1-9,12,14-15H2,(H,24,26)/t17-/m0/s1. The summed E-state index contributed by atoms with van der Waals surface area (Å²) >= 11 is 12.3. The van der Waals surface area contributed by atoms with Crippen LogP contribution in [0, 0.1) is 5.92 Å². The number of nitrogens with one attached hydrogen (secondary N) is 1.